The molecule has 0 amide bonds. The Hall–Kier alpha value is -0.530. The highest BCUT2D eigenvalue weighted by Gasteiger charge is 1.98. The fourth-order valence-corrected chi connectivity index (χ4v) is 1.30. The van der Waals surface area contributed by atoms with Crippen LogP contribution in [0.4, 0.5) is 0 Å². The van der Waals surface area contributed by atoms with E-state index in [9.17, 15) is 0 Å². The van der Waals surface area contributed by atoms with Gasteiger partial charge < -0.3 is 5.32 Å². The zero-order valence-electron chi connectivity index (χ0n) is 8.18. The summed E-state index contributed by atoms with van der Waals surface area (Å²) in [6.45, 7) is 2.19. The second kappa shape index (κ2) is 5.25. The van der Waals surface area contributed by atoms with Gasteiger partial charge in [-0.1, -0.05) is 23.7 Å². The van der Waals surface area contributed by atoms with E-state index in [0.29, 0.717) is 6.04 Å². The molecule has 13 heavy (non-hydrogen) atoms. The van der Waals surface area contributed by atoms with E-state index in [4.69, 9.17) is 11.6 Å². The van der Waals surface area contributed by atoms with Gasteiger partial charge in [0.15, 0.2) is 0 Å². The van der Waals surface area contributed by atoms with Gasteiger partial charge in [0.2, 0.25) is 0 Å². The highest BCUT2D eigenvalue weighted by molar-refractivity contribution is 6.30. The number of hydrogen-bond donors (Lipinski definition) is 1. The van der Waals surface area contributed by atoms with Crippen LogP contribution in [-0.4, -0.2) is 13.1 Å². The van der Waals surface area contributed by atoms with Crippen molar-refractivity contribution in [3.05, 3.63) is 34.9 Å². The minimum Gasteiger partial charge on any atom is -0.317 e. The van der Waals surface area contributed by atoms with E-state index in [1.165, 1.54) is 5.56 Å². The molecule has 0 saturated carbocycles. The number of aryl methyl sites for hydroxylation is 1. The molecule has 1 N–H and O–H groups in total. The second-order valence-electron chi connectivity index (χ2n) is 3.35. The fourth-order valence-electron chi connectivity index (χ4n) is 1.18. The van der Waals surface area contributed by atoms with Gasteiger partial charge in [0.25, 0.3) is 0 Å². The maximum absolute atomic E-state index is 5.79. The Morgan fingerprint density at radius 1 is 1.31 bits per heavy atom. The first-order valence-corrected chi connectivity index (χ1v) is 5.02. The molecule has 0 aliphatic rings. The van der Waals surface area contributed by atoms with E-state index < -0.39 is 0 Å². The van der Waals surface area contributed by atoms with E-state index in [0.717, 1.165) is 17.9 Å². The van der Waals surface area contributed by atoms with Gasteiger partial charge in [-0.2, -0.15) is 0 Å². The second-order valence-corrected chi connectivity index (χ2v) is 3.79. The predicted octanol–water partition coefficient (Wildman–Crippen LogP) is 2.88. The molecule has 0 aliphatic carbocycles. The Balaban J connectivity index is 2.41. The number of rotatable bonds is 4. The van der Waals surface area contributed by atoms with Crippen LogP contribution in [0, 0.1) is 0 Å². The Bertz CT molecular complexity index is 243. The monoisotopic (exact) mass is 197 g/mol. The zero-order chi connectivity index (χ0) is 9.68. The first-order valence-electron chi connectivity index (χ1n) is 4.64. The Labute approximate surface area is 85.1 Å². The van der Waals surface area contributed by atoms with E-state index >= 15 is 0 Å². The molecule has 2 heteroatoms. The van der Waals surface area contributed by atoms with E-state index in [-0.39, 0.29) is 0 Å². The molecule has 0 heterocycles. The van der Waals surface area contributed by atoms with Gasteiger partial charge in [-0.05, 0) is 44.5 Å². The van der Waals surface area contributed by atoms with Gasteiger partial charge in [-0.25, -0.2) is 0 Å². The molecule has 1 aromatic carbocycles. The lowest BCUT2D eigenvalue weighted by Crippen LogP contribution is -2.21. The first kappa shape index (κ1) is 10.6. The van der Waals surface area contributed by atoms with Gasteiger partial charge >= 0.3 is 0 Å². The summed E-state index contributed by atoms with van der Waals surface area (Å²) in [5.74, 6) is 0. The Morgan fingerprint density at radius 2 is 1.92 bits per heavy atom. The van der Waals surface area contributed by atoms with Crippen LogP contribution in [0.25, 0.3) is 0 Å². The van der Waals surface area contributed by atoms with Crippen molar-refractivity contribution < 1.29 is 0 Å². The lowest BCUT2D eigenvalue weighted by molar-refractivity contribution is 0.565. The highest BCUT2D eigenvalue weighted by Crippen LogP contribution is 2.11. The van der Waals surface area contributed by atoms with Gasteiger partial charge in [0.05, 0.1) is 0 Å². The highest BCUT2D eigenvalue weighted by atomic mass is 35.5. The number of halogens is 1. The van der Waals surface area contributed by atoms with Crippen molar-refractivity contribution in [2.75, 3.05) is 7.05 Å². The third-order valence-electron chi connectivity index (χ3n) is 2.27. The number of nitrogens with one attached hydrogen (secondary N) is 1. The summed E-state index contributed by atoms with van der Waals surface area (Å²) in [6, 6.07) is 8.65. The number of benzene rings is 1. The molecular weight excluding hydrogens is 182 g/mol. The van der Waals surface area contributed by atoms with Crippen LogP contribution in [0.5, 0.6) is 0 Å². The average molecular weight is 198 g/mol. The molecule has 0 unspecified atom stereocenters. The smallest absolute Gasteiger partial charge is 0.0406 e. The van der Waals surface area contributed by atoms with Crippen molar-refractivity contribution in [1.29, 1.82) is 0 Å². The molecule has 0 aromatic heterocycles. The minimum atomic E-state index is 0.579. The fraction of sp³-hybridized carbons (Fsp3) is 0.455. The molecule has 0 aliphatic heterocycles. The van der Waals surface area contributed by atoms with E-state index in [1.54, 1.807) is 0 Å². The normalized spacial score (nSPS) is 12.8. The molecule has 1 nitrogen and oxygen atoms in total. The third kappa shape index (κ3) is 3.79. The van der Waals surface area contributed by atoms with Gasteiger partial charge in [-0.15, -0.1) is 0 Å². The van der Waals surface area contributed by atoms with Crippen molar-refractivity contribution in [3.63, 3.8) is 0 Å². The van der Waals surface area contributed by atoms with Crippen LogP contribution >= 0.6 is 11.6 Å². The summed E-state index contributed by atoms with van der Waals surface area (Å²) in [5.41, 5.74) is 1.35. The van der Waals surface area contributed by atoms with E-state index in [1.807, 2.05) is 19.2 Å². The first-order chi connectivity index (χ1) is 6.22. The maximum Gasteiger partial charge on any atom is 0.0406 e. The van der Waals surface area contributed by atoms with Crippen molar-refractivity contribution >= 4 is 11.6 Å². The van der Waals surface area contributed by atoms with Crippen LogP contribution in [0.1, 0.15) is 18.9 Å². The predicted molar refractivity (Wildman–Crippen MR) is 58.3 cm³/mol. The van der Waals surface area contributed by atoms with Crippen molar-refractivity contribution in [3.8, 4) is 0 Å². The molecular formula is C11H16ClN. The summed E-state index contributed by atoms with van der Waals surface area (Å²) >= 11 is 5.79. The number of hydrogen-bond acceptors (Lipinski definition) is 1. The molecule has 0 spiro atoms. The van der Waals surface area contributed by atoms with Crippen LogP contribution in [0.15, 0.2) is 24.3 Å². The lowest BCUT2D eigenvalue weighted by Gasteiger charge is -2.09. The van der Waals surface area contributed by atoms with Crippen molar-refractivity contribution in [1.82, 2.24) is 5.32 Å². The topological polar surface area (TPSA) is 12.0 Å². The molecule has 0 saturated heterocycles. The molecule has 0 radical (unpaired) electrons. The maximum atomic E-state index is 5.79. The molecule has 1 rings (SSSR count). The van der Waals surface area contributed by atoms with Gasteiger partial charge in [-0.3, -0.25) is 0 Å². The Morgan fingerprint density at radius 3 is 2.46 bits per heavy atom. The Kier molecular flexibility index (Phi) is 4.26. The summed E-state index contributed by atoms with van der Waals surface area (Å²) in [6.07, 6.45) is 2.28. The quantitative estimate of drug-likeness (QED) is 0.783. The van der Waals surface area contributed by atoms with Gasteiger partial charge in [0.1, 0.15) is 0 Å². The summed E-state index contributed by atoms with van der Waals surface area (Å²) in [5, 5.41) is 4.03. The van der Waals surface area contributed by atoms with Crippen molar-refractivity contribution in [2.45, 2.75) is 25.8 Å². The molecule has 1 aromatic rings. The molecule has 1 atom stereocenters. The summed E-state index contributed by atoms with van der Waals surface area (Å²) < 4.78 is 0. The van der Waals surface area contributed by atoms with Crippen LogP contribution < -0.4 is 5.32 Å². The summed E-state index contributed by atoms with van der Waals surface area (Å²) in [4.78, 5) is 0. The zero-order valence-corrected chi connectivity index (χ0v) is 8.93. The summed E-state index contributed by atoms with van der Waals surface area (Å²) in [7, 11) is 1.99. The van der Waals surface area contributed by atoms with Crippen molar-refractivity contribution in [2.24, 2.45) is 0 Å². The van der Waals surface area contributed by atoms with Crippen LogP contribution in [0.3, 0.4) is 0 Å². The molecule has 0 fully saturated rings. The average Bonchev–Trinajstić information content (AvgIpc) is 2.16. The van der Waals surface area contributed by atoms with Crippen LogP contribution in [0.2, 0.25) is 5.02 Å². The van der Waals surface area contributed by atoms with E-state index in [2.05, 4.69) is 24.4 Å². The van der Waals surface area contributed by atoms with Crippen LogP contribution in [-0.2, 0) is 6.42 Å². The lowest BCUT2D eigenvalue weighted by atomic mass is 10.1. The van der Waals surface area contributed by atoms with Gasteiger partial charge in [0, 0.05) is 11.1 Å². The molecule has 0 bridgehead atoms. The SMILES string of the molecule is CN[C@@H](C)CCc1ccc(Cl)cc1. The standard InChI is InChI=1S/C11H16ClN/c1-9(13-2)3-4-10-5-7-11(12)8-6-10/h5-9,13H,3-4H2,1-2H3/t9-/m0/s1. The third-order valence-corrected chi connectivity index (χ3v) is 2.52. The molecule has 72 valence electrons. The largest absolute Gasteiger partial charge is 0.317 e. The minimum absolute atomic E-state index is 0.579.